The standard InChI is InChI=1S/C38H39F4N3O4S/c1-27-19-21-33(22-20-27)50(48,49)45(32-17-10-14-30(24-32)38(40,41)42)26-36(46)44(25-29-13-8-9-18-34(29)39)35(23-28-11-4-2-5-12-28)37(47)43-31-15-6-3-7-16-31/h2,4-5,8-14,17-22,24,31,35H,3,6-7,15-16,23,25-26H2,1H3,(H,43,47). The Morgan fingerprint density at radius 3 is 2.18 bits per heavy atom. The Balaban J connectivity index is 1.60. The van der Waals surface area contributed by atoms with Gasteiger partial charge in [0.25, 0.3) is 10.0 Å². The summed E-state index contributed by atoms with van der Waals surface area (Å²) in [5.41, 5.74) is 0.0184. The molecule has 0 aliphatic heterocycles. The molecule has 0 aromatic heterocycles. The number of hydrogen-bond acceptors (Lipinski definition) is 4. The monoisotopic (exact) mass is 709 g/mol. The van der Waals surface area contributed by atoms with E-state index in [2.05, 4.69) is 5.32 Å². The first-order valence-corrected chi connectivity index (χ1v) is 17.9. The van der Waals surface area contributed by atoms with Gasteiger partial charge in [0.2, 0.25) is 11.8 Å². The number of sulfonamides is 1. The summed E-state index contributed by atoms with van der Waals surface area (Å²) in [6.07, 6.45) is -0.378. The van der Waals surface area contributed by atoms with Crippen LogP contribution in [0, 0.1) is 12.7 Å². The van der Waals surface area contributed by atoms with Gasteiger partial charge in [0.05, 0.1) is 16.1 Å². The van der Waals surface area contributed by atoms with Crippen LogP contribution in [0.25, 0.3) is 0 Å². The van der Waals surface area contributed by atoms with Crippen LogP contribution in [0.3, 0.4) is 0 Å². The van der Waals surface area contributed by atoms with Gasteiger partial charge in [-0.2, -0.15) is 13.2 Å². The Labute approximate surface area is 290 Å². The average molecular weight is 710 g/mol. The van der Waals surface area contributed by atoms with Crippen molar-refractivity contribution >= 4 is 27.5 Å². The molecule has 1 aliphatic rings. The fourth-order valence-corrected chi connectivity index (χ4v) is 7.52. The zero-order valence-electron chi connectivity index (χ0n) is 27.6. The average Bonchev–Trinajstić information content (AvgIpc) is 3.10. The maximum Gasteiger partial charge on any atom is 0.416 e. The predicted octanol–water partition coefficient (Wildman–Crippen LogP) is 7.44. The van der Waals surface area contributed by atoms with Crippen LogP contribution in [0.2, 0.25) is 0 Å². The summed E-state index contributed by atoms with van der Waals surface area (Å²) in [6, 6.07) is 22.7. The minimum Gasteiger partial charge on any atom is -0.352 e. The number of aryl methyl sites for hydroxylation is 1. The number of carbonyl (C=O) groups is 2. The van der Waals surface area contributed by atoms with Crippen molar-refractivity contribution in [1.82, 2.24) is 10.2 Å². The second-order valence-electron chi connectivity index (χ2n) is 12.5. The van der Waals surface area contributed by atoms with Crippen molar-refractivity contribution in [3.05, 3.63) is 131 Å². The van der Waals surface area contributed by atoms with E-state index < -0.39 is 64.2 Å². The molecule has 4 aromatic carbocycles. The number of alkyl halides is 3. The van der Waals surface area contributed by atoms with Crippen LogP contribution < -0.4 is 9.62 Å². The molecule has 0 saturated heterocycles. The van der Waals surface area contributed by atoms with Gasteiger partial charge in [-0.15, -0.1) is 0 Å². The lowest BCUT2D eigenvalue weighted by molar-refractivity contribution is -0.140. The molecule has 1 aliphatic carbocycles. The van der Waals surface area contributed by atoms with E-state index in [0.29, 0.717) is 15.9 Å². The SMILES string of the molecule is Cc1ccc(S(=O)(=O)N(CC(=O)N(Cc2ccccc2F)C(Cc2ccccc2)C(=O)NC2CCCCC2)c2cccc(C(F)(F)F)c2)cc1. The van der Waals surface area contributed by atoms with Crippen LogP contribution in [0.4, 0.5) is 23.2 Å². The van der Waals surface area contributed by atoms with Crippen LogP contribution in [0.15, 0.2) is 108 Å². The summed E-state index contributed by atoms with van der Waals surface area (Å²) in [7, 11) is -4.63. The number of carbonyl (C=O) groups excluding carboxylic acids is 2. The van der Waals surface area contributed by atoms with Crippen LogP contribution in [0.1, 0.15) is 54.4 Å². The topological polar surface area (TPSA) is 86.8 Å². The summed E-state index contributed by atoms with van der Waals surface area (Å²) >= 11 is 0. The molecule has 4 aromatic rings. The molecule has 0 spiro atoms. The normalized spacial score (nSPS) is 14.5. The molecule has 7 nitrogen and oxygen atoms in total. The molecular formula is C38H39F4N3O4S. The summed E-state index contributed by atoms with van der Waals surface area (Å²) in [5, 5.41) is 3.06. The second kappa shape index (κ2) is 15.9. The lowest BCUT2D eigenvalue weighted by Gasteiger charge is -2.35. The molecule has 12 heteroatoms. The molecule has 264 valence electrons. The summed E-state index contributed by atoms with van der Waals surface area (Å²) < 4.78 is 85.6. The lowest BCUT2D eigenvalue weighted by atomic mass is 9.94. The van der Waals surface area contributed by atoms with E-state index in [1.807, 2.05) is 0 Å². The van der Waals surface area contributed by atoms with Gasteiger partial charge in [0, 0.05) is 24.6 Å². The Morgan fingerprint density at radius 1 is 0.860 bits per heavy atom. The quantitative estimate of drug-likeness (QED) is 0.155. The highest BCUT2D eigenvalue weighted by atomic mass is 32.2. The molecule has 1 N–H and O–H groups in total. The molecule has 0 bridgehead atoms. The van der Waals surface area contributed by atoms with Gasteiger partial charge in [0.15, 0.2) is 0 Å². The fraction of sp³-hybridized carbons (Fsp3) is 0.316. The van der Waals surface area contributed by atoms with E-state index in [4.69, 9.17) is 0 Å². The third-order valence-corrected chi connectivity index (χ3v) is 10.7. The Hall–Kier alpha value is -4.71. The van der Waals surface area contributed by atoms with E-state index in [0.717, 1.165) is 54.7 Å². The minimum atomic E-state index is -4.80. The molecule has 1 saturated carbocycles. The maximum atomic E-state index is 15.2. The number of benzene rings is 4. The van der Waals surface area contributed by atoms with Gasteiger partial charge in [-0.1, -0.05) is 91.6 Å². The Bertz CT molecular complexity index is 1880. The first kappa shape index (κ1) is 36.6. The maximum absolute atomic E-state index is 15.2. The van der Waals surface area contributed by atoms with E-state index in [-0.39, 0.29) is 22.9 Å². The van der Waals surface area contributed by atoms with Crippen molar-refractivity contribution in [3.8, 4) is 0 Å². The van der Waals surface area contributed by atoms with Crippen molar-refractivity contribution < 1.29 is 35.6 Å². The van der Waals surface area contributed by atoms with Gasteiger partial charge >= 0.3 is 6.18 Å². The molecular weight excluding hydrogens is 670 g/mol. The zero-order chi connectivity index (χ0) is 35.9. The van der Waals surface area contributed by atoms with E-state index >= 15 is 4.39 Å². The van der Waals surface area contributed by atoms with E-state index in [9.17, 15) is 31.2 Å². The molecule has 1 atom stereocenters. The number of anilines is 1. The molecule has 5 rings (SSSR count). The van der Waals surface area contributed by atoms with E-state index in [1.54, 1.807) is 43.3 Å². The Kier molecular flexibility index (Phi) is 11.6. The molecule has 0 radical (unpaired) electrons. The van der Waals surface area contributed by atoms with Gasteiger partial charge in [-0.3, -0.25) is 13.9 Å². The lowest BCUT2D eigenvalue weighted by Crippen LogP contribution is -2.55. The van der Waals surface area contributed by atoms with Crippen molar-refractivity contribution in [2.75, 3.05) is 10.8 Å². The van der Waals surface area contributed by atoms with Gasteiger partial charge in [-0.25, -0.2) is 12.8 Å². The molecule has 0 heterocycles. The number of rotatable bonds is 12. The van der Waals surface area contributed by atoms with Crippen molar-refractivity contribution in [1.29, 1.82) is 0 Å². The smallest absolute Gasteiger partial charge is 0.352 e. The first-order chi connectivity index (χ1) is 23.8. The third-order valence-electron chi connectivity index (χ3n) is 8.87. The first-order valence-electron chi connectivity index (χ1n) is 16.5. The number of nitrogens with one attached hydrogen (secondary N) is 1. The van der Waals surface area contributed by atoms with Crippen LogP contribution in [0.5, 0.6) is 0 Å². The van der Waals surface area contributed by atoms with Gasteiger partial charge in [-0.05, 0) is 61.7 Å². The fourth-order valence-electron chi connectivity index (χ4n) is 6.11. The summed E-state index contributed by atoms with van der Waals surface area (Å²) in [5.74, 6) is -2.03. The van der Waals surface area contributed by atoms with Crippen LogP contribution in [-0.4, -0.2) is 43.8 Å². The minimum absolute atomic E-state index is 0.0217. The Morgan fingerprint density at radius 2 is 1.52 bits per heavy atom. The summed E-state index contributed by atoms with van der Waals surface area (Å²) in [6.45, 7) is 0.381. The van der Waals surface area contributed by atoms with Gasteiger partial charge < -0.3 is 10.2 Å². The number of hydrogen-bond donors (Lipinski definition) is 1. The predicted molar refractivity (Wildman–Crippen MR) is 183 cm³/mol. The molecule has 1 unspecified atom stereocenters. The van der Waals surface area contributed by atoms with Crippen molar-refractivity contribution in [3.63, 3.8) is 0 Å². The molecule has 2 amide bonds. The summed E-state index contributed by atoms with van der Waals surface area (Å²) in [4.78, 5) is 29.6. The van der Waals surface area contributed by atoms with Gasteiger partial charge in [0.1, 0.15) is 18.4 Å². The zero-order valence-corrected chi connectivity index (χ0v) is 28.4. The highest BCUT2D eigenvalue weighted by Crippen LogP contribution is 2.33. The van der Waals surface area contributed by atoms with Crippen molar-refractivity contribution in [2.45, 2.75) is 75.1 Å². The molecule has 50 heavy (non-hydrogen) atoms. The highest BCUT2D eigenvalue weighted by Gasteiger charge is 2.37. The van der Waals surface area contributed by atoms with Crippen LogP contribution >= 0.6 is 0 Å². The molecule has 1 fully saturated rings. The number of halogens is 4. The number of nitrogens with zero attached hydrogens (tertiary/aromatic N) is 2. The number of amides is 2. The van der Waals surface area contributed by atoms with Crippen LogP contribution in [-0.2, 0) is 38.8 Å². The third kappa shape index (κ3) is 9.09. The highest BCUT2D eigenvalue weighted by molar-refractivity contribution is 7.92. The van der Waals surface area contributed by atoms with Crippen molar-refractivity contribution in [2.24, 2.45) is 0 Å². The largest absolute Gasteiger partial charge is 0.416 e. The second-order valence-corrected chi connectivity index (χ2v) is 14.4. The van der Waals surface area contributed by atoms with E-state index in [1.165, 1.54) is 48.5 Å².